The number of hydrogen-bond donors (Lipinski definition) is 4. The number of nitrogens with zero attached hydrogens (tertiary/aromatic N) is 2. The van der Waals surface area contributed by atoms with Gasteiger partial charge in [-0.3, -0.25) is 4.79 Å². The first kappa shape index (κ1) is 14.4. The topological polar surface area (TPSA) is 146 Å². The Balaban J connectivity index is 2.55. The molecule has 2 rings (SSSR count). The van der Waals surface area contributed by atoms with E-state index in [1.54, 1.807) is 6.07 Å². The van der Waals surface area contributed by atoms with Crippen LogP contribution in [0.4, 0.5) is 5.69 Å². The van der Waals surface area contributed by atoms with E-state index < -0.39 is 17.3 Å². The molecule has 0 unspecified atom stereocenters. The van der Waals surface area contributed by atoms with Crippen molar-refractivity contribution in [3.8, 4) is 17.6 Å². The van der Waals surface area contributed by atoms with E-state index in [2.05, 4.69) is 4.98 Å². The average Bonchev–Trinajstić information content (AvgIpc) is 2.98. The van der Waals surface area contributed by atoms with Crippen LogP contribution in [0.2, 0.25) is 0 Å². The van der Waals surface area contributed by atoms with Crippen LogP contribution >= 0.6 is 11.3 Å². The maximum atomic E-state index is 12.1. The number of aromatic hydroxyl groups is 2. The molecule has 2 aromatic rings. The Morgan fingerprint density at radius 3 is 2.62 bits per heavy atom. The maximum absolute atomic E-state index is 12.1. The summed E-state index contributed by atoms with van der Waals surface area (Å²) in [7, 11) is 0. The minimum atomic E-state index is -0.623. The van der Waals surface area contributed by atoms with Crippen LogP contribution in [0.25, 0.3) is 5.70 Å². The molecule has 21 heavy (non-hydrogen) atoms. The van der Waals surface area contributed by atoms with Gasteiger partial charge in [0.2, 0.25) is 5.78 Å². The lowest BCUT2D eigenvalue weighted by Crippen LogP contribution is -2.10. The van der Waals surface area contributed by atoms with Gasteiger partial charge in [0.05, 0.1) is 16.9 Å². The number of ketones is 1. The molecule has 0 aliphatic heterocycles. The van der Waals surface area contributed by atoms with Crippen molar-refractivity contribution >= 4 is 28.5 Å². The Bertz CT molecular complexity index is 752. The van der Waals surface area contributed by atoms with Gasteiger partial charge in [-0.25, -0.2) is 4.98 Å². The largest absolute Gasteiger partial charge is 0.504 e. The number of carbonyl (C=O) groups excluding carboxylic acids is 1. The maximum Gasteiger partial charge on any atom is 0.224 e. The highest BCUT2D eigenvalue weighted by molar-refractivity contribution is 7.07. The molecule has 0 bridgehead atoms. The number of nitrogen functional groups attached to an aromatic ring is 1. The number of phenolic OH excluding ortho intramolecular Hbond substituents is 2. The van der Waals surface area contributed by atoms with Crippen LogP contribution < -0.4 is 11.5 Å². The predicted octanol–water partition coefficient (Wildman–Crippen LogP) is 1.21. The zero-order chi connectivity index (χ0) is 15.6. The quantitative estimate of drug-likeness (QED) is 0.219. The highest BCUT2D eigenvalue weighted by Crippen LogP contribution is 2.34. The van der Waals surface area contributed by atoms with Crippen molar-refractivity contribution < 1.29 is 15.0 Å². The zero-order valence-electron chi connectivity index (χ0n) is 10.6. The normalized spacial score (nSPS) is 11.6. The van der Waals surface area contributed by atoms with Crippen molar-refractivity contribution in [2.75, 3.05) is 5.73 Å². The van der Waals surface area contributed by atoms with Crippen LogP contribution in [0.15, 0.2) is 28.6 Å². The van der Waals surface area contributed by atoms with E-state index in [4.69, 9.17) is 16.7 Å². The number of Topliss-reactive ketones (excluding diaryl/α,β-unsaturated/α-hetero) is 1. The Kier molecular flexibility index (Phi) is 3.77. The van der Waals surface area contributed by atoms with Gasteiger partial charge in [-0.15, -0.1) is 11.3 Å². The number of carbonyl (C=O) groups is 1. The van der Waals surface area contributed by atoms with E-state index in [1.165, 1.54) is 28.3 Å². The van der Waals surface area contributed by atoms with Crippen molar-refractivity contribution in [2.45, 2.75) is 0 Å². The molecule has 0 aliphatic carbocycles. The van der Waals surface area contributed by atoms with Crippen molar-refractivity contribution in [1.82, 2.24) is 4.98 Å². The van der Waals surface area contributed by atoms with Crippen LogP contribution in [-0.2, 0) is 0 Å². The van der Waals surface area contributed by atoms with Gasteiger partial charge < -0.3 is 21.7 Å². The third-order valence-electron chi connectivity index (χ3n) is 2.70. The number of nitrogens with two attached hydrogens (primary N) is 2. The molecule has 7 nitrogen and oxygen atoms in total. The number of aromatic nitrogens is 1. The molecule has 1 aromatic carbocycles. The highest BCUT2D eigenvalue weighted by atomic mass is 32.1. The Morgan fingerprint density at radius 2 is 2.10 bits per heavy atom. The number of thiazole rings is 1. The minimum Gasteiger partial charge on any atom is -0.504 e. The summed E-state index contributed by atoms with van der Waals surface area (Å²) in [4.78, 5) is 16.0. The number of benzene rings is 1. The van der Waals surface area contributed by atoms with E-state index in [0.29, 0.717) is 0 Å². The second kappa shape index (κ2) is 5.52. The molecule has 6 N–H and O–H groups in total. The SMILES string of the molecule is N#C/C(C(=O)c1cscn1)=C(/N)c1cc(N)c(O)c(O)c1. The number of phenols is 2. The fourth-order valence-corrected chi connectivity index (χ4v) is 2.16. The van der Waals surface area contributed by atoms with Crippen molar-refractivity contribution in [3.63, 3.8) is 0 Å². The van der Waals surface area contributed by atoms with Crippen LogP contribution in [0.3, 0.4) is 0 Å². The third kappa shape index (κ3) is 2.63. The van der Waals surface area contributed by atoms with Crippen molar-refractivity contribution in [2.24, 2.45) is 5.73 Å². The molecule has 0 saturated heterocycles. The number of anilines is 1. The zero-order valence-corrected chi connectivity index (χ0v) is 11.4. The van der Waals surface area contributed by atoms with Gasteiger partial charge in [0.15, 0.2) is 11.5 Å². The van der Waals surface area contributed by atoms with Gasteiger partial charge in [0.25, 0.3) is 0 Å². The second-order valence-corrected chi connectivity index (χ2v) is 4.76. The summed E-state index contributed by atoms with van der Waals surface area (Å²) in [6.07, 6.45) is 0. The summed E-state index contributed by atoms with van der Waals surface area (Å²) in [6, 6.07) is 4.10. The molecule has 8 heteroatoms. The van der Waals surface area contributed by atoms with Gasteiger partial charge in [-0.2, -0.15) is 5.26 Å². The van der Waals surface area contributed by atoms with Gasteiger partial charge in [0.1, 0.15) is 17.3 Å². The average molecular weight is 302 g/mol. The van der Waals surface area contributed by atoms with Crippen molar-refractivity contribution in [3.05, 3.63) is 39.9 Å². The summed E-state index contributed by atoms with van der Waals surface area (Å²) < 4.78 is 0. The monoisotopic (exact) mass is 302 g/mol. The van der Waals surface area contributed by atoms with E-state index in [9.17, 15) is 15.0 Å². The number of hydrogen-bond acceptors (Lipinski definition) is 8. The Morgan fingerprint density at radius 1 is 1.38 bits per heavy atom. The van der Waals surface area contributed by atoms with E-state index in [-0.39, 0.29) is 28.2 Å². The first-order valence-corrected chi connectivity index (χ1v) is 6.54. The summed E-state index contributed by atoms with van der Waals surface area (Å²) in [6.45, 7) is 0. The first-order chi connectivity index (χ1) is 9.95. The summed E-state index contributed by atoms with van der Waals surface area (Å²) >= 11 is 1.21. The van der Waals surface area contributed by atoms with Gasteiger partial charge >= 0.3 is 0 Å². The van der Waals surface area contributed by atoms with Crippen LogP contribution in [0.5, 0.6) is 11.5 Å². The lowest BCUT2D eigenvalue weighted by atomic mass is 10.0. The van der Waals surface area contributed by atoms with E-state index in [1.807, 2.05) is 0 Å². The lowest BCUT2D eigenvalue weighted by Gasteiger charge is -2.08. The molecule has 0 amide bonds. The molecule has 1 heterocycles. The smallest absolute Gasteiger partial charge is 0.224 e. The Labute approximate surface area is 123 Å². The van der Waals surface area contributed by atoms with E-state index in [0.717, 1.165) is 6.07 Å². The van der Waals surface area contributed by atoms with Gasteiger partial charge in [0, 0.05) is 10.9 Å². The van der Waals surface area contributed by atoms with Crippen LogP contribution in [-0.4, -0.2) is 21.0 Å². The second-order valence-electron chi connectivity index (χ2n) is 4.04. The summed E-state index contributed by atoms with van der Waals surface area (Å²) in [5.74, 6) is -1.61. The standard InChI is InChI=1S/C13H10N4O3S/c14-3-7(12(19)9-4-21-5-17-9)11(16)6-1-8(15)13(20)10(18)2-6/h1-2,4-5,18,20H,15-16H2/b11-7-. The Hall–Kier alpha value is -3.05. The molecule has 0 fully saturated rings. The summed E-state index contributed by atoms with van der Waals surface area (Å²) in [5.41, 5.74) is 12.4. The minimum absolute atomic E-state index is 0.107. The van der Waals surface area contributed by atoms with Gasteiger partial charge in [-0.05, 0) is 12.1 Å². The molecule has 0 atom stereocenters. The third-order valence-corrected chi connectivity index (χ3v) is 3.29. The predicted molar refractivity (Wildman–Crippen MR) is 77.3 cm³/mol. The lowest BCUT2D eigenvalue weighted by molar-refractivity contribution is 0.103. The molecule has 0 spiro atoms. The molecule has 1 aromatic heterocycles. The fraction of sp³-hybridized carbons (Fsp3) is 0. The van der Waals surface area contributed by atoms with E-state index >= 15 is 0 Å². The molecule has 0 aliphatic rings. The molecule has 0 saturated carbocycles. The molecular formula is C13H10N4O3S. The number of nitriles is 1. The fourth-order valence-electron chi connectivity index (χ4n) is 1.63. The van der Waals surface area contributed by atoms with Crippen LogP contribution in [0.1, 0.15) is 16.1 Å². The number of rotatable bonds is 3. The van der Waals surface area contributed by atoms with Crippen molar-refractivity contribution in [1.29, 1.82) is 5.26 Å². The molecular weight excluding hydrogens is 292 g/mol. The first-order valence-electron chi connectivity index (χ1n) is 5.60. The van der Waals surface area contributed by atoms with Crippen LogP contribution in [0, 0.1) is 11.3 Å². The van der Waals surface area contributed by atoms with Gasteiger partial charge in [-0.1, -0.05) is 0 Å². The number of allylic oxidation sites excluding steroid dienone is 1. The highest BCUT2D eigenvalue weighted by Gasteiger charge is 2.19. The molecule has 106 valence electrons. The molecule has 0 radical (unpaired) electrons. The summed E-state index contributed by atoms with van der Waals surface area (Å²) in [5, 5.41) is 29.6.